The molecule has 2 amide bonds. The number of esters is 1. The summed E-state index contributed by atoms with van der Waals surface area (Å²) in [5.41, 5.74) is 0.963. The summed E-state index contributed by atoms with van der Waals surface area (Å²) < 4.78 is 5.43. The van der Waals surface area contributed by atoms with Crippen LogP contribution in [0.4, 0.5) is 0 Å². The number of benzene rings is 2. The Morgan fingerprint density at radius 3 is 1.90 bits per heavy atom. The fourth-order valence-electron chi connectivity index (χ4n) is 3.01. The number of hydrogen-bond acceptors (Lipinski definition) is 4. The minimum absolute atomic E-state index is 0.0370. The molecule has 6 heteroatoms. The molecule has 0 heterocycles. The van der Waals surface area contributed by atoms with Crippen LogP contribution < -0.4 is 10.6 Å². The molecule has 0 spiro atoms. The van der Waals surface area contributed by atoms with Crippen LogP contribution in [-0.4, -0.2) is 36.5 Å². The minimum atomic E-state index is -0.691. The van der Waals surface area contributed by atoms with Gasteiger partial charge in [0.2, 0.25) is 5.91 Å². The molecule has 0 aliphatic carbocycles. The number of nitrogens with one attached hydrogen (secondary N) is 2. The number of carbonyl (C=O) groups excluding carboxylic acids is 3. The largest absolute Gasteiger partial charge is 0.460 e. The van der Waals surface area contributed by atoms with Gasteiger partial charge in [-0.15, -0.1) is 0 Å². The van der Waals surface area contributed by atoms with E-state index in [9.17, 15) is 14.4 Å². The van der Waals surface area contributed by atoms with Crippen LogP contribution in [-0.2, 0) is 9.53 Å². The molecule has 166 valence electrons. The third-order valence-electron chi connectivity index (χ3n) is 5.35. The monoisotopic (exact) mass is 424 g/mol. The summed E-state index contributed by atoms with van der Waals surface area (Å²) >= 11 is 0. The SMILES string of the molecule is CC[C@@H](C)[C@H](NC(=O)c1ccccc1)C(=O)N[C@H](COC(=O)c1ccccc1)C(C)C. The van der Waals surface area contributed by atoms with Gasteiger partial charge >= 0.3 is 5.97 Å². The lowest BCUT2D eigenvalue weighted by Crippen LogP contribution is -2.54. The lowest BCUT2D eigenvalue weighted by atomic mass is 9.96. The fourth-order valence-corrected chi connectivity index (χ4v) is 3.01. The van der Waals surface area contributed by atoms with Crippen molar-refractivity contribution < 1.29 is 19.1 Å². The first kappa shape index (κ1) is 24.1. The van der Waals surface area contributed by atoms with Gasteiger partial charge in [0.05, 0.1) is 11.6 Å². The molecule has 31 heavy (non-hydrogen) atoms. The Morgan fingerprint density at radius 1 is 0.839 bits per heavy atom. The van der Waals surface area contributed by atoms with Gasteiger partial charge in [-0.05, 0) is 36.1 Å². The summed E-state index contributed by atoms with van der Waals surface area (Å²) in [6.07, 6.45) is 0.725. The molecule has 2 rings (SSSR count). The van der Waals surface area contributed by atoms with Crippen LogP contribution >= 0.6 is 0 Å². The Hall–Kier alpha value is -3.15. The smallest absolute Gasteiger partial charge is 0.338 e. The quantitative estimate of drug-likeness (QED) is 0.568. The number of hydrogen-bond donors (Lipinski definition) is 2. The molecule has 0 radical (unpaired) electrons. The second-order valence-electron chi connectivity index (χ2n) is 8.03. The lowest BCUT2D eigenvalue weighted by Gasteiger charge is -2.28. The van der Waals surface area contributed by atoms with Crippen molar-refractivity contribution in [3.8, 4) is 0 Å². The van der Waals surface area contributed by atoms with E-state index in [-0.39, 0.29) is 36.3 Å². The molecule has 0 aromatic heterocycles. The van der Waals surface area contributed by atoms with Crippen LogP contribution in [0.3, 0.4) is 0 Å². The first-order valence-corrected chi connectivity index (χ1v) is 10.7. The first-order valence-electron chi connectivity index (χ1n) is 10.7. The van der Waals surface area contributed by atoms with E-state index in [1.165, 1.54) is 0 Å². The Kier molecular flexibility index (Phi) is 9.25. The van der Waals surface area contributed by atoms with E-state index in [0.29, 0.717) is 11.1 Å². The zero-order chi connectivity index (χ0) is 22.8. The molecular formula is C25H32N2O4. The lowest BCUT2D eigenvalue weighted by molar-refractivity contribution is -0.125. The van der Waals surface area contributed by atoms with E-state index in [0.717, 1.165) is 6.42 Å². The van der Waals surface area contributed by atoms with Gasteiger partial charge in [-0.1, -0.05) is 70.5 Å². The van der Waals surface area contributed by atoms with Gasteiger partial charge in [-0.25, -0.2) is 4.79 Å². The van der Waals surface area contributed by atoms with Crippen LogP contribution in [0.5, 0.6) is 0 Å². The summed E-state index contributed by atoms with van der Waals surface area (Å²) in [7, 11) is 0. The molecule has 0 saturated carbocycles. The first-order chi connectivity index (χ1) is 14.8. The normalized spacial score (nSPS) is 13.7. The maximum Gasteiger partial charge on any atom is 0.338 e. The topological polar surface area (TPSA) is 84.5 Å². The van der Waals surface area contributed by atoms with Crippen molar-refractivity contribution in [3.63, 3.8) is 0 Å². The third kappa shape index (κ3) is 7.24. The molecule has 0 aliphatic heterocycles. The molecule has 6 nitrogen and oxygen atoms in total. The number of rotatable bonds is 10. The standard InChI is InChI=1S/C25H32N2O4/c1-5-18(4)22(27-23(28)19-12-8-6-9-13-19)24(29)26-21(17(2)3)16-31-25(30)20-14-10-7-11-15-20/h6-15,17-18,21-22H,5,16H2,1-4H3,(H,26,29)(H,27,28)/t18-,21-,22+/m1/s1. The molecule has 0 aliphatic rings. The van der Waals surface area contributed by atoms with E-state index < -0.39 is 12.0 Å². The summed E-state index contributed by atoms with van der Waals surface area (Å²) in [5, 5.41) is 5.82. The maximum absolute atomic E-state index is 13.1. The van der Waals surface area contributed by atoms with Crippen LogP contribution in [0, 0.1) is 11.8 Å². The molecule has 0 saturated heterocycles. The van der Waals surface area contributed by atoms with Crippen LogP contribution in [0.2, 0.25) is 0 Å². The highest BCUT2D eigenvalue weighted by molar-refractivity contribution is 5.97. The van der Waals surface area contributed by atoms with E-state index in [1.54, 1.807) is 48.5 Å². The van der Waals surface area contributed by atoms with Crippen molar-refractivity contribution >= 4 is 17.8 Å². The Labute approximate surface area is 184 Å². The molecule has 0 unspecified atom stereocenters. The summed E-state index contributed by atoms with van der Waals surface area (Å²) in [5.74, 6) is -1.04. The van der Waals surface area contributed by atoms with E-state index in [4.69, 9.17) is 4.74 Å². The Morgan fingerprint density at radius 2 is 1.39 bits per heavy atom. The Balaban J connectivity index is 2.04. The van der Waals surface area contributed by atoms with E-state index in [1.807, 2.05) is 39.8 Å². The number of ether oxygens (including phenoxy) is 1. The van der Waals surface area contributed by atoms with Gasteiger partial charge in [0.25, 0.3) is 5.91 Å². The van der Waals surface area contributed by atoms with Gasteiger partial charge in [-0.2, -0.15) is 0 Å². The van der Waals surface area contributed by atoms with Gasteiger partial charge in [0.1, 0.15) is 12.6 Å². The van der Waals surface area contributed by atoms with Gasteiger partial charge in [-0.3, -0.25) is 9.59 Å². The summed E-state index contributed by atoms with van der Waals surface area (Å²) in [6, 6.07) is 16.5. The van der Waals surface area contributed by atoms with Gasteiger partial charge < -0.3 is 15.4 Å². The highest BCUT2D eigenvalue weighted by Crippen LogP contribution is 2.12. The third-order valence-corrected chi connectivity index (χ3v) is 5.35. The van der Waals surface area contributed by atoms with Crippen LogP contribution in [0.1, 0.15) is 54.8 Å². The number of carbonyl (C=O) groups is 3. The molecule has 3 atom stereocenters. The highest BCUT2D eigenvalue weighted by atomic mass is 16.5. The van der Waals surface area contributed by atoms with Crippen molar-refractivity contribution in [1.82, 2.24) is 10.6 Å². The summed E-state index contributed by atoms with van der Waals surface area (Å²) in [6.45, 7) is 7.84. The Bertz CT molecular complexity index is 852. The predicted octanol–water partition coefficient (Wildman–Crippen LogP) is 3.83. The molecule has 0 bridgehead atoms. The minimum Gasteiger partial charge on any atom is -0.460 e. The van der Waals surface area contributed by atoms with Crippen molar-refractivity contribution in [2.75, 3.05) is 6.61 Å². The molecule has 0 fully saturated rings. The van der Waals surface area contributed by atoms with Crippen molar-refractivity contribution in [1.29, 1.82) is 0 Å². The molecule has 2 aromatic carbocycles. The zero-order valence-corrected chi connectivity index (χ0v) is 18.6. The highest BCUT2D eigenvalue weighted by Gasteiger charge is 2.29. The van der Waals surface area contributed by atoms with Crippen molar-refractivity contribution in [3.05, 3.63) is 71.8 Å². The molecular weight excluding hydrogens is 392 g/mol. The number of amides is 2. The van der Waals surface area contributed by atoms with Crippen LogP contribution in [0.15, 0.2) is 60.7 Å². The average Bonchev–Trinajstić information content (AvgIpc) is 2.80. The second-order valence-corrected chi connectivity index (χ2v) is 8.03. The van der Waals surface area contributed by atoms with Gasteiger partial charge in [0, 0.05) is 5.56 Å². The molecule has 2 aromatic rings. The van der Waals surface area contributed by atoms with E-state index >= 15 is 0 Å². The van der Waals surface area contributed by atoms with Crippen LogP contribution in [0.25, 0.3) is 0 Å². The summed E-state index contributed by atoms with van der Waals surface area (Å²) in [4.78, 5) is 37.9. The second kappa shape index (κ2) is 11.9. The maximum atomic E-state index is 13.1. The fraction of sp³-hybridized carbons (Fsp3) is 0.400. The average molecular weight is 425 g/mol. The molecule has 2 N–H and O–H groups in total. The van der Waals surface area contributed by atoms with Crippen molar-refractivity contribution in [2.45, 2.75) is 46.2 Å². The zero-order valence-electron chi connectivity index (χ0n) is 18.6. The van der Waals surface area contributed by atoms with Crippen molar-refractivity contribution in [2.24, 2.45) is 11.8 Å². The predicted molar refractivity (Wildman–Crippen MR) is 121 cm³/mol. The van der Waals surface area contributed by atoms with E-state index in [2.05, 4.69) is 10.6 Å². The van der Waals surface area contributed by atoms with Gasteiger partial charge in [0.15, 0.2) is 0 Å².